The Bertz CT molecular complexity index is 767. The van der Waals surface area contributed by atoms with Crippen molar-refractivity contribution in [1.82, 2.24) is 14.5 Å². The van der Waals surface area contributed by atoms with Gasteiger partial charge in [-0.3, -0.25) is 9.69 Å². The van der Waals surface area contributed by atoms with Crippen LogP contribution in [0.1, 0.15) is 19.4 Å². The van der Waals surface area contributed by atoms with Gasteiger partial charge in [0, 0.05) is 25.2 Å². The van der Waals surface area contributed by atoms with Crippen LogP contribution in [0, 0.1) is 0 Å². The first-order valence-corrected chi connectivity index (χ1v) is 9.57. The largest absolute Gasteiger partial charge is 0.416 e. The van der Waals surface area contributed by atoms with Gasteiger partial charge >= 0.3 is 6.18 Å². The molecule has 0 bridgehead atoms. The zero-order chi connectivity index (χ0) is 19.7. The highest BCUT2D eigenvalue weighted by atomic mass is 32.2. The minimum Gasteiger partial charge on any atom is -0.336 e. The Hall–Kier alpha value is -1.65. The number of piperazine rings is 1. The van der Waals surface area contributed by atoms with E-state index < -0.39 is 39.1 Å². The Morgan fingerprint density at radius 1 is 1.23 bits per heavy atom. The second kappa shape index (κ2) is 7.53. The Balaban J connectivity index is 2.07. The van der Waals surface area contributed by atoms with E-state index in [0.717, 1.165) is 18.2 Å². The summed E-state index contributed by atoms with van der Waals surface area (Å²) in [5, 5.41) is 0. The number of halogens is 3. The van der Waals surface area contributed by atoms with Crippen molar-refractivity contribution < 1.29 is 26.4 Å². The average Bonchev–Trinajstić information content (AvgIpc) is 2.55. The Labute approximate surface area is 151 Å². The van der Waals surface area contributed by atoms with Gasteiger partial charge in [0.2, 0.25) is 15.9 Å². The smallest absolute Gasteiger partial charge is 0.336 e. The number of carbonyl (C=O) groups excluding carboxylic acids is 1. The monoisotopic (exact) mass is 393 g/mol. The van der Waals surface area contributed by atoms with Gasteiger partial charge in [-0.2, -0.15) is 13.2 Å². The van der Waals surface area contributed by atoms with E-state index in [0.29, 0.717) is 19.2 Å². The van der Waals surface area contributed by atoms with Crippen LogP contribution in [-0.2, 0) is 21.0 Å². The Kier molecular flexibility index (Phi) is 5.99. The first-order chi connectivity index (χ1) is 11.9. The third kappa shape index (κ3) is 4.74. The maximum absolute atomic E-state index is 12.7. The number of sulfonamides is 1. The van der Waals surface area contributed by atoms with Crippen molar-refractivity contribution >= 4 is 15.9 Å². The molecule has 1 saturated heterocycles. The summed E-state index contributed by atoms with van der Waals surface area (Å²) in [6.07, 6.45) is -4.65. The summed E-state index contributed by atoms with van der Waals surface area (Å²) in [7, 11) is -2.28. The van der Waals surface area contributed by atoms with Crippen molar-refractivity contribution in [2.24, 2.45) is 0 Å². The molecule has 1 aromatic rings. The van der Waals surface area contributed by atoms with Gasteiger partial charge in [-0.15, -0.1) is 0 Å². The van der Waals surface area contributed by atoms with Crippen molar-refractivity contribution in [3.05, 3.63) is 29.8 Å². The minimum atomic E-state index is -4.65. The van der Waals surface area contributed by atoms with Crippen LogP contribution in [0.2, 0.25) is 0 Å². The van der Waals surface area contributed by atoms with E-state index in [2.05, 4.69) is 9.62 Å². The first kappa shape index (κ1) is 20.7. The molecule has 0 spiro atoms. The number of likely N-dealkylation sites (N-methyl/N-ethyl adjacent to an activating group) is 1. The fraction of sp³-hybridized carbons (Fsp3) is 0.562. The molecule has 1 aliphatic heterocycles. The molecular formula is C16H22F3N3O3S. The minimum absolute atomic E-state index is 0.0817. The van der Waals surface area contributed by atoms with Gasteiger partial charge in [0.05, 0.1) is 17.0 Å². The number of amides is 1. The van der Waals surface area contributed by atoms with E-state index in [1.807, 2.05) is 20.9 Å². The molecular weight excluding hydrogens is 371 g/mol. The van der Waals surface area contributed by atoms with E-state index in [9.17, 15) is 26.4 Å². The standard InChI is InChI=1S/C16H22F3N3O3S/c1-11-10-22(12(2)9-21(11)3)15(23)8-20-26(24,25)14-6-4-5-13(7-14)16(17,18)19/h4-7,11-12,20H,8-10H2,1-3H3/t11-,12-/m0/s1. The maximum atomic E-state index is 12.7. The quantitative estimate of drug-likeness (QED) is 0.843. The molecule has 1 amide bonds. The molecule has 1 N–H and O–H groups in total. The van der Waals surface area contributed by atoms with Gasteiger partial charge in [0.25, 0.3) is 0 Å². The number of nitrogens with one attached hydrogen (secondary N) is 1. The lowest BCUT2D eigenvalue weighted by Gasteiger charge is -2.42. The number of hydrogen-bond acceptors (Lipinski definition) is 4. The lowest BCUT2D eigenvalue weighted by atomic mass is 10.1. The van der Waals surface area contributed by atoms with Crippen molar-refractivity contribution in [1.29, 1.82) is 0 Å². The number of rotatable bonds is 4. The zero-order valence-electron chi connectivity index (χ0n) is 14.7. The predicted octanol–water partition coefficient (Wildman–Crippen LogP) is 1.53. The molecule has 0 radical (unpaired) electrons. The SMILES string of the molecule is C[C@H]1CN(C(=O)CNS(=O)(=O)c2cccc(C(F)(F)F)c2)[C@@H](C)CN1C. The highest BCUT2D eigenvalue weighted by Gasteiger charge is 2.33. The normalized spacial score (nSPS) is 22.5. The number of carbonyl (C=O) groups is 1. The van der Waals surface area contributed by atoms with Gasteiger partial charge in [-0.1, -0.05) is 6.07 Å². The summed E-state index contributed by atoms with van der Waals surface area (Å²) in [5.74, 6) is -0.409. The molecule has 2 atom stereocenters. The molecule has 146 valence electrons. The van der Waals surface area contributed by atoms with Gasteiger partial charge < -0.3 is 4.90 Å². The summed E-state index contributed by atoms with van der Waals surface area (Å²) >= 11 is 0. The van der Waals surface area contributed by atoms with Gasteiger partial charge in [0.1, 0.15) is 0 Å². The third-order valence-electron chi connectivity index (χ3n) is 4.50. The topological polar surface area (TPSA) is 69.7 Å². The Morgan fingerprint density at radius 3 is 2.50 bits per heavy atom. The summed E-state index contributed by atoms with van der Waals surface area (Å²) < 4.78 is 64.8. The van der Waals surface area contributed by atoms with Crippen molar-refractivity contribution in [2.45, 2.75) is 37.0 Å². The van der Waals surface area contributed by atoms with Crippen LogP contribution >= 0.6 is 0 Å². The molecule has 1 fully saturated rings. The highest BCUT2D eigenvalue weighted by Crippen LogP contribution is 2.30. The lowest BCUT2D eigenvalue weighted by Crippen LogP contribution is -2.58. The van der Waals surface area contributed by atoms with E-state index in [1.165, 1.54) is 0 Å². The Morgan fingerprint density at radius 2 is 1.88 bits per heavy atom. The van der Waals surface area contributed by atoms with Crippen LogP contribution in [0.5, 0.6) is 0 Å². The van der Waals surface area contributed by atoms with E-state index in [4.69, 9.17) is 0 Å². The molecule has 10 heteroatoms. The maximum Gasteiger partial charge on any atom is 0.416 e. The van der Waals surface area contributed by atoms with Gasteiger partial charge in [-0.25, -0.2) is 13.1 Å². The summed E-state index contributed by atoms with van der Waals surface area (Å²) in [5.41, 5.74) is -1.06. The molecule has 1 aliphatic rings. The molecule has 26 heavy (non-hydrogen) atoms. The first-order valence-electron chi connectivity index (χ1n) is 8.08. The number of alkyl halides is 3. The molecule has 6 nitrogen and oxygen atoms in total. The summed E-state index contributed by atoms with van der Waals surface area (Å²) in [4.78, 5) is 15.5. The van der Waals surface area contributed by atoms with E-state index >= 15 is 0 Å². The highest BCUT2D eigenvalue weighted by molar-refractivity contribution is 7.89. The molecule has 1 heterocycles. The third-order valence-corrected chi connectivity index (χ3v) is 5.90. The van der Waals surface area contributed by atoms with Crippen LogP contribution in [-0.4, -0.2) is 62.9 Å². The average molecular weight is 393 g/mol. The predicted molar refractivity (Wildman–Crippen MR) is 89.9 cm³/mol. The fourth-order valence-electron chi connectivity index (χ4n) is 2.83. The van der Waals surface area contributed by atoms with E-state index in [-0.39, 0.29) is 12.1 Å². The van der Waals surface area contributed by atoms with Crippen LogP contribution in [0.4, 0.5) is 13.2 Å². The second-order valence-electron chi connectivity index (χ2n) is 6.53. The molecule has 1 aromatic carbocycles. The second-order valence-corrected chi connectivity index (χ2v) is 8.30. The molecule has 0 aliphatic carbocycles. The molecule has 0 aromatic heterocycles. The number of nitrogens with zero attached hydrogens (tertiary/aromatic N) is 2. The van der Waals surface area contributed by atoms with Gasteiger partial charge in [-0.05, 0) is 39.1 Å². The molecule has 0 saturated carbocycles. The van der Waals surface area contributed by atoms with Crippen LogP contribution < -0.4 is 4.72 Å². The van der Waals surface area contributed by atoms with Crippen LogP contribution in [0.25, 0.3) is 0 Å². The van der Waals surface area contributed by atoms with Crippen molar-refractivity contribution in [3.63, 3.8) is 0 Å². The van der Waals surface area contributed by atoms with Crippen molar-refractivity contribution in [2.75, 3.05) is 26.7 Å². The summed E-state index contributed by atoms with van der Waals surface area (Å²) in [6.45, 7) is 4.44. The van der Waals surface area contributed by atoms with Gasteiger partial charge in [0.15, 0.2) is 0 Å². The number of benzene rings is 1. The number of hydrogen-bond donors (Lipinski definition) is 1. The van der Waals surface area contributed by atoms with Crippen LogP contribution in [0.15, 0.2) is 29.2 Å². The van der Waals surface area contributed by atoms with Crippen molar-refractivity contribution in [3.8, 4) is 0 Å². The van der Waals surface area contributed by atoms with Crippen LogP contribution in [0.3, 0.4) is 0 Å². The fourth-order valence-corrected chi connectivity index (χ4v) is 3.85. The van der Waals surface area contributed by atoms with E-state index in [1.54, 1.807) is 4.90 Å². The zero-order valence-corrected chi connectivity index (χ0v) is 15.6. The molecule has 0 unspecified atom stereocenters. The molecule has 2 rings (SSSR count). The lowest BCUT2D eigenvalue weighted by molar-refractivity contribution is -0.138. The summed E-state index contributed by atoms with van der Waals surface area (Å²) in [6, 6.07) is 3.47.